The molecule has 0 aliphatic heterocycles. The van der Waals surface area contributed by atoms with Gasteiger partial charge in [0.05, 0.1) is 10.5 Å². The SMILES string of the molecule is Cc1cc(Cl)ccc1OC(=O)c1cccc([N+](=O)[O-])c1. The number of halogens is 1. The van der Waals surface area contributed by atoms with Gasteiger partial charge in [-0.1, -0.05) is 17.7 Å². The highest BCUT2D eigenvalue weighted by molar-refractivity contribution is 6.30. The first-order valence-electron chi connectivity index (χ1n) is 5.70. The lowest BCUT2D eigenvalue weighted by Gasteiger charge is -2.07. The fraction of sp³-hybridized carbons (Fsp3) is 0.0714. The molecule has 0 aliphatic carbocycles. The molecule has 2 aromatic rings. The molecule has 6 heteroatoms. The molecule has 5 nitrogen and oxygen atoms in total. The summed E-state index contributed by atoms with van der Waals surface area (Å²) in [5, 5.41) is 11.2. The lowest BCUT2D eigenvalue weighted by molar-refractivity contribution is -0.384. The van der Waals surface area contributed by atoms with Crippen LogP contribution in [0.4, 0.5) is 5.69 Å². The Labute approximate surface area is 119 Å². The minimum absolute atomic E-state index is 0.119. The fourth-order valence-corrected chi connectivity index (χ4v) is 1.86. The molecule has 0 aliphatic rings. The molecule has 0 atom stereocenters. The Morgan fingerprint density at radius 3 is 2.65 bits per heavy atom. The Hall–Kier alpha value is -2.40. The number of benzene rings is 2. The lowest BCUT2D eigenvalue weighted by Crippen LogP contribution is -2.09. The van der Waals surface area contributed by atoms with Crippen molar-refractivity contribution in [2.24, 2.45) is 0 Å². The number of non-ortho nitro benzene ring substituents is 1. The molecule has 0 fully saturated rings. The Morgan fingerprint density at radius 1 is 1.25 bits per heavy atom. The average molecular weight is 292 g/mol. The highest BCUT2D eigenvalue weighted by Gasteiger charge is 2.14. The number of hydrogen-bond acceptors (Lipinski definition) is 4. The molecule has 2 rings (SSSR count). The topological polar surface area (TPSA) is 69.4 Å². The summed E-state index contributed by atoms with van der Waals surface area (Å²) in [6.45, 7) is 1.75. The van der Waals surface area contributed by atoms with E-state index < -0.39 is 10.9 Å². The first-order valence-corrected chi connectivity index (χ1v) is 6.08. The Morgan fingerprint density at radius 2 is 2.00 bits per heavy atom. The smallest absolute Gasteiger partial charge is 0.343 e. The number of nitrogens with zero attached hydrogens (tertiary/aromatic N) is 1. The predicted molar refractivity (Wildman–Crippen MR) is 74.2 cm³/mol. The van der Waals surface area contributed by atoms with Crippen LogP contribution in [0.3, 0.4) is 0 Å². The maximum atomic E-state index is 11.9. The van der Waals surface area contributed by atoms with Gasteiger partial charge in [0, 0.05) is 17.2 Å². The zero-order valence-corrected chi connectivity index (χ0v) is 11.3. The molecular weight excluding hydrogens is 282 g/mol. The number of esters is 1. The second kappa shape index (κ2) is 5.71. The first-order chi connectivity index (χ1) is 9.47. The number of carbonyl (C=O) groups excluding carboxylic acids is 1. The van der Waals surface area contributed by atoms with E-state index in [0.29, 0.717) is 16.3 Å². The van der Waals surface area contributed by atoms with Gasteiger partial charge in [-0.2, -0.15) is 0 Å². The van der Waals surface area contributed by atoms with Gasteiger partial charge in [0.2, 0.25) is 0 Å². The van der Waals surface area contributed by atoms with Crippen molar-refractivity contribution in [2.45, 2.75) is 6.92 Å². The molecule has 0 aromatic heterocycles. The standard InChI is InChI=1S/C14H10ClNO4/c1-9-7-11(15)5-6-13(9)20-14(17)10-3-2-4-12(8-10)16(18)19/h2-8H,1H3. The zero-order valence-electron chi connectivity index (χ0n) is 10.5. The van der Waals surface area contributed by atoms with Gasteiger partial charge >= 0.3 is 5.97 Å². The molecule has 102 valence electrons. The van der Waals surface area contributed by atoms with E-state index in [2.05, 4.69) is 0 Å². The summed E-state index contributed by atoms with van der Waals surface area (Å²) in [5.74, 6) is -0.287. The molecule has 0 heterocycles. The molecule has 0 saturated heterocycles. The normalized spacial score (nSPS) is 10.1. The minimum atomic E-state index is -0.654. The van der Waals surface area contributed by atoms with Gasteiger partial charge in [0.15, 0.2) is 0 Å². The molecule has 0 radical (unpaired) electrons. The summed E-state index contributed by atoms with van der Waals surface area (Å²) in [6.07, 6.45) is 0. The summed E-state index contributed by atoms with van der Waals surface area (Å²) in [4.78, 5) is 22.0. The summed E-state index contributed by atoms with van der Waals surface area (Å²) >= 11 is 5.81. The number of ether oxygens (including phenoxy) is 1. The van der Waals surface area contributed by atoms with Crippen molar-refractivity contribution in [3.63, 3.8) is 0 Å². The Bertz CT molecular complexity index is 685. The third kappa shape index (κ3) is 3.13. The van der Waals surface area contributed by atoms with Crippen molar-refractivity contribution in [3.05, 3.63) is 68.7 Å². The average Bonchev–Trinajstić information content (AvgIpc) is 2.42. The van der Waals surface area contributed by atoms with Crippen LogP contribution in [0, 0.1) is 17.0 Å². The van der Waals surface area contributed by atoms with Crippen LogP contribution in [0.15, 0.2) is 42.5 Å². The molecule has 0 amide bonds. The molecule has 0 unspecified atom stereocenters. The van der Waals surface area contributed by atoms with E-state index in [1.807, 2.05) is 0 Å². The van der Waals surface area contributed by atoms with Gasteiger partial charge in [-0.3, -0.25) is 10.1 Å². The number of carbonyl (C=O) groups is 1. The van der Waals surface area contributed by atoms with Crippen LogP contribution in [0.5, 0.6) is 5.75 Å². The van der Waals surface area contributed by atoms with Crippen LogP contribution in [-0.4, -0.2) is 10.9 Å². The fourth-order valence-electron chi connectivity index (χ4n) is 1.63. The van der Waals surface area contributed by atoms with Crippen LogP contribution in [0.1, 0.15) is 15.9 Å². The summed E-state index contributed by atoms with van der Waals surface area (Å²) < 4.78 is 5.20. The molecule has 0 bridgehead atoms. The van der Waals surface area contributed by atoms with E-state index in [9.17, 15) is 14.9 Å². The van der Waals surface area contributed by atoms with Crippen LogP contribution in [-0.2, 0) is 0 Å². The molecule has 0 spiro atoms. The van der Waals surface area contributed by atoms with Gasteiger partial charge in [-0.05, 0) is 36.8 Å². The third-order valence-corrected chi connectivity index (χ3v) is 2.87. The predicted octanol–water partition coefficient (Wildman–Crippen LogP) is 3.78. The van der Waals surface area contributed by atoms with Crippen LogP contribution in [0.2, 0.25) is 5.02 Å². The molecule has 2 aromatic carbocycles. The van der Waals surface area contributed by atoms with Gasteiger partial charge in [0.1, 0.15) is 5.75 Å². The monoisotopic (exact) mass is 291 g/mol. The minimum Gasteiger partial charge on any atom is -0.423 e. The lowest BCUT2D eigenvalue weighted by atomic mass is 10.2. The van der Waals surface area contributed by atoms with E-state index >= 15 is 0 Å². The largest absolute Gasteiger partial charge is 0.423 e. The van der Waals surface area contributed by atoms with Crippen molar-refractivity contribution >= 4 is 23.3 Å². The van der Waals surface area contributed by atoms with Gasteiger partial charge in [-0.25, -0.2) is 4.79 Å². The van der Waals surface area contributed by atoms with Gasteiger partial charge in [0.25, 0.3) is 5.69 Å². The van der Waals surface area contributed by atoms with E-state index in [4.69, 9.17) is 16.3 Å². The molecular formula is C14H10ClNO4. The number of nitro benzene ring substituents is 1. The van der Waals surface area contributed by atoms with E-state index in [1.54, 1.807) is 25.1 Å². The molecule has 20 heavy (non-hydrogen) atoms. The Balaban J connectivity index is 2.24. The number of hydrogen-bond donors (Lipinski definition) is 0. The first kappa shape index (κ1) is 14.0. The highest BCUT2D eigenvalue weighted by Crippen LogP contribution is 2.23. The second-order valence-corrected chi connectivity index (χ2v) is 4.54. The quantitative estimate of drug-likeness (QED) is 0.373. The van der Waals surface area contributed by atoms with Crippen LogP contribution < -0.4 is 4.74 Å². The van der Waals surface area contributed by atoms with Crippen molar-refractivity contribution in [3.8, 4) is 5.75 Å². The van der Waals surface area contributed by atoms with Crippen molar-refractivity contribution in [1.29, 1.82) is 0 Å². The van der Waals surface area contributed by atoms with Crippen molar-refractivity contribution in [1.82, 2.24) is 0 Å². The number of rotatable bonds is 3. The highest BCUT2D eigenvalue weighted by atomic mass is 35.5. The van der Waals surface area contributed by atoms with Gasteiger partial charge < -0.3 is 4.74 Å². The van der Waals surface area contributed by atoms with Crippen molar-refractivity contribution in [2.75, 3.05) is 0 Å². The van der Waals surface area contributed by atoms with Crippen LogP contribution >= 0.6 is 11.6 Å². The summed E-state index contributed by atoms with van der Waals surface area (Å²) in [7, 11) is 0. The number of aryl methyl sites for hydroxylation is 1. The zero-order chi connectivity index (χ0) is 14.7. The van der Waals surface area contributed by atoms with E-state index in [0.717, 1.165) is 0 Å². The maximum absolute atomic E-state index is 11.9. The number of nitro groups is 1. The van der Waals surface area contributed by atoms with Gasteiger partial charge in [-0.15, -0.1) is 0 Å². The summed E-state index contributed by atoms with van der Waals surface area (Å²) in [6, 6.07) is 10.2. The molecule has 0 N–H and O–H groups in total. The maximum Gasteiger partial charge on any atom is 0.343 e. The molecule has 0 saturated carbocycles. The Kier molecular flexibility index (Phi) is 4.00. The van der Waals surface area contributed by atoms with Crippen LogP contribution in [0.25, 0.3) is 0 Å². The van der Waals surface area contributed by atoms with E-state index in [-0.39, 0.29) is 11.3 Å². The van der Waals surface area contributed by atoms with Crippen molar-refractivity contribution < 1.29 is 14.5 Å². The second-order valence-electron chi connectivity index (χ2n) is 4.11. The van der Waals surface area contributed by atoms with E-state index in [1.165, 1.54) is 24.3 Å². The third-order valence-electron chi connectivity index (χ3n) is 2.63. The summed E-state index contributed by atoms with van der Waals surface area (Å²) in [5.41, 5.74) is 0.664.